The van der Waals surface area contributed by atoms with Crippen LogP contribution in [0.3, 0.4) is 0 Å². The highest BCUT2D eigenvalue weighted by Gasteiger charge is 2.28. The van der Waals surface area contributed by atoms with Crippen LogP contribution in [0.2, 0.25) is 0 Å². The molecule has 0 bridgehead atoms. The Labute approximate surface area is 233 Å². The number of carboxylic acids is 1. The van der Waals surface area contributed by atoms with E-state index in [9.17, 15) is 24.7 Å². The lowest BCUT2D eigenvalue weighted by molar-refractivity contribution is 0.0585. The number of rotatable bonds is 6. The molecule has 5 rings (SSSR count). The number of nitriles is 1. The van der Waals surface area contributed by atoms with Gasteiger partial charge in [0.15, 0.2) is 0 Å². The maximum atomic E-state index is 15.9. The second-order valence-electron chi connectivity index (χ2n) is 10.8. The number of piperidine rings is 1. The monoisotopic (exact) mass is 564 g/mol. The molecular formula is C29H27F3N6O3. The largest absolute Gasteiger partial charge is 0.478 e. The number of halogens is 3. The lowest BCUT2D eigenvalue weighted by atomic mass is 9.92. The van der Waals surface area contributed by atoms with Crippen LogP contribution >= 0.6 is 0 Å². The van der Waals surface area contributed by atoms with Gasteiger partial charge in [0.25, 0.3) is 0 Å². The van der Waals surface area contributed by atoms with Crippen molar-refractivity contribution < 1.29 is 28.2 Å². The van der Waals surface area contributed by atoms with Crippen molar-refractivity contribution in [3.63, 3.8) is 0 Å². The number of nitrogens with zero attached hydrogens (tertiary/aromatic N) is 5. The van der Waals surface area contributed by atoms with Crippen molar-refractivity contribution in [2.24, 2.45) is 5.73 Å². The minimum atomic E-state index is -1.40. The van der Waals surface area contributed by atoms with Gasteiger partial charge in [0.05, 0.1) is 39.9 Å². The summed E-state index contributed by atoms with van der Waals surface area (Å²) in [6.07, 6.45) is 1.29. The highest BCUT2D eigenvalue weighted by Crippen LogP contribution is 2.40. The standard InChI is InChI=1S/C29H27F3N6O3/c1-29(2,41)14-38-23-12-22(31)18(10-19(23)27(32)36-38)25-20(28(39)40)11-24(37-7-5-17(34)6-8-37)35-26(25)15-3-4-16(13-33)21(30)9-15/h3-4,9-12,17,41H,5-8,14,34H2,1-2H3,(H,39,40). The Kier molecular flexibility index (Phi) is 7.19. The van der Waals surface area contributed by atoms with E-state index in [0.717, 1.165) is 22.9 Å². The zero-order valence-corrected chi connectivity index (χ0v) is 22.3. The molecule has 12 heteroatoms. The van der Waals surface area contributed by atoms with Gasteiger partial charge in [0.2, 0.25) is 5.95 Å². The van der Waals surface area contributed by atoms with Gasteiger partial charge in [-0.3, -0.25) is 4.68 Å². The van der Waals surface area contributed by atoms with Gasteiger partial charge in [0.1, 0.15) is 23.5 Å². The van der Waals surface area contributed by atoms with Crippen LogP contribution in [0.5, 0.6) is 0 Å². The summed E-state index contributed by atoms with van der Waals surface area (Å²) < 4.78 is 46.8. The Balaban J connectivity index is 1.79. The topological polar surface area (TPSA) is 141 Å². The summed E-state index contributed by atoms with van der Waals surface area (Å²) in [7, 11) is 0. The Morgan fingerprint density at radius 2 is 1.85 bits per heavy atom. The van der Waals surface area contributed by atoms with Gasteiger partial charge in [-0.15, -0.1) is 5.10 Å². The van der Waals surface area contributed by atoms with E-state index in [1.54, 1.807) is 6.07 Å². The van der Waals surface area contributed by atoms with Crippen molar-refractivity contribution in [3.05, 3.63) is 65.1 Å². The normalized spacial score (nSPS) is 14.4. The molecule has 41 heavy (non-hydrogen) atoms. The van der Waals surface area contributed by atoms with E-state index in [0.29, 0.717) is 25.9 Å². The minimum absolute atomic E-state index is 0.00963. The third kappa shape index (κ3) is 5.46. The zero-order chi connectivity index (χ0) is 29.6. The predicted octanol–water partition coefficient (Wildman–Crippen LogP) is 4.45. The van der Waals surface area contributed by atoms with Crippen LogP contribution in [0.25, 0.3) is 33.3 Å². The van der Waals surface area contributed by atoms with Gasteiger partial charge < -0.3 is 20.8 Å². The number of anilines is 1. The molecule has 0 atom stereocenters. The zero-order valence-electron chi connectivity index (χ0n) is 22.3. The predicted molar refractivity (Wildman–Crippen MR) is 146 cm³/mol. The highest BCUT2D eigenvalue weighted by atomic mass is 19.1. The van der Waals surface area contributed by atoms with E-state index >= 15 is 8.78 Å². The van der Waals surface area contributed by atoms with Crippen LogP contribution in [-0.4, -0.2) is 55.7 Å². The fraction of sp³-hybridized carbons (Fsp3) is 0.310. The summed E-state index contributed by atoms with van der Waals surface area (Å²) in [5.74, 6) is -3.82. The first-order chi connectivity index (χ1) is 19.4. The molecule has 4 aromatic rings. The highest BCUT2D eigenvalue weighted by molar-refractivity contribution is 6.03. The molecule has 1 aliphatic heterocycles. The molecule has 1 fully saturated rings. The van der Waals surface area contributed by atoms with Crippen molar-refractivity contribution in [2.45, 2.75) is 44.9 Å². The summed E-state index contributed by atoms with van der Waals surface area (Å²) in [4.78, 5) is 19.1. The Morgan fingerprint density at radius 1 is 1.15 bits per heavy atom. The van der Waals surface area contributed by atoms with Crippen LogP contribution in [-0.2, 0) is 6.54 Å². The second kappa shape index (κ2) is 10.5. The summed E-state index contributed by atoms with van der Waals surface area (Å²) >= 11 is 0. The molecule has 1 saturated heterocycles. The van der Waals surface area contributed by atoms with Gasteiger partial charge in [-0.05, 0) is 51.0 Å². The lowest BCUT2D eigenvalue weighted by Gasteiger charge is -2.32. The second-order valence-corrected chi connectivity index (χ2v) is 10.8. The molecular weight excluding hydrogens is 537 g/mol. The van der Waals surface area contributed by atoms with Gasteiger partial charge >= 0.3 is 5.97 Å². The number of benzene rings is 2. The van der Waals surface area contributed by atoms with Gasteiger partial charge in [-0.2, -0.15) is 9.65 Å². The number of carboxylic acid groups (broad SMARTS) is 1. The molecule has 2 aromatic carbocycles. The fourth-order valence-electron chi connectivity index (χ4n) is 5.06. The van der Waals surface area contributed by atoms with Crippen molar-refractivity contribution in [2.75, 3.05) is 18.0 Å². The number of hydrogen-bond donors (Lipinski definition) is 3. The maximum absolute atomic E-state index is 15.9. The fourth-order valence-corrected chi connectivity index (χ4v) is 5.06. The number of aromatic carboxylic acids is 1. The quantitative estimate of drug-likeness (QED) is 0.312. The van der Waals surface area contributed by atoms with E-state index in [4.69, 9.17) is 5.73 Å². The van der Waals surface area contributed by atoms with Crippen LogP contribution in [0.1, 0.15) is 42.6 Å². The first-order valence-corrected chi connectivity index (χ1v) is 12.9. The summed E-state index contributed by atoms with van der Waals surface area (Å²) in [6, 6.07) is 8.85. The molecule has 0 aliphatic carbocycles. The number of carbonyl (C=O) groups is 1. The molecule has 9 nitrogen and oxygen atoms in total. The Hall–Kier alpha value is -4.47. The van der Waals surface area contributed by atoms with E-state index in [2.05, 4.69) is 10.1 Å². The number of aromatic nitrogens is 3. The first-order valence-electron chi connectivity index (χ1n) is 12.9. The molecule has 0 saturated carbocycles. The third-order valence-electron chi connectivity index (χ3n) is 7.06. The van der Waals surface area contributed by atoms with Crippen molar-refractivity contribution in [1.29, 1.82) is 5.26 Å². The smallest absolute Gasteiger partial charge is 0.336 e. The molecule has 0 unspecified atom stereocenters. The van der Waals surface area contributed by atoms with E-state index in [1.165, 1.54) is 32.0 Å². The van der Waals surface area contributed by atoms with E-state index < -0.39 is 29.2 Å². The minimum Gasteiger partial charge on any atom is -0.478 e. The number of aliphatic hydroxyl groups is 1. The molecule has 1 aliphatic rings. The molecule has 0 radical (unpaired) electrons. The molecule has 4 N–H and O–H groups in total. The van der Waals surface area contributed by atoms with Gasteiger partial charge in [-0.25, -0.2) is 18.6 Å². The third-order valence-corrected chi connectivity index (χ3v) is 7.06. The van der Waals surface area contributed by atoms with Gasteiger partial charge in [-0.1, -0.05) is 6.07 Å². The van der Waals surface area contributed by atoms with E-state index in [-0.39, 0.29) is 62.8 Å². The van der Waals surface area contributed by atoms with Crippen LogP contribution in [0, 0.1) is 28.9 Å². The van der Waals surface area contributed by atoms with Crippen LogP contribution in [0.4, 0.5) is 19.0 Å². The molecule has 0 spiro atoms. The first kappa shape index (κ1) is 28.1. The number of pyridine rings is 1. The van der Waals surface area contributed by atoms with Gasteiger partial charge in [0, 0.05) is 41.9 Å². The molecule has 0 amide bonds. The number of hydrogen-bond acceptors (Lipinski definition) is 7. The summed E-state index contributed by atoms with van der Waals surface area (Å²) in [6.45, 7) is 3.86. The SMILES string of the molecule is CC(C)(O)Cn1nc(F)c2cc(-c3c(C(=O)O)cc(N4CCC(N)CC4)nc3-c3ccc(C#N)c(F)c3)c(F)cc21. The van der Waals surface area contributed by atoms with Crippen molar-refractivity contribution in [1.82, 2.24) is 14.8 Å². The summed E-state index contributed by atoms with van der Waals surface area (Å²) in [5.41, 5.74) is 3.83. The summed E-state index contributed by atoms with van der Waals surface area (Å²) in [5, 5.41) is 33.3. The van der Waals surface area contributed by atoms with Crippen molar-refractivity contribution >= 4 is 22.7 Å². The lowest BCUT2D eigenvalue weighted by Crippen LogP contribution is -2.40. The Morgan fingerprint density at radius 3 is 2.46 bits per heavy atom. The van der Waals surface area contributed by atoms with Crippen LogP contribution < -0.4 is 10.6 Å². The van der Waals surface area contributed by atoms with Crippen LogP contribution in [0.15, 0.2) is 36.4 Å². The molecule has 3 heterocycles. The molecule has 2 aromatic heterocycles. The number of nitrogens with two attached hydrogens (primary N) is 1. The maximum Gasteiger partial charge on any atom is 0.336 e. The van der Waals surface area contributed by atoms with E-state index in [1.807, 2.05) is 4.90 Å². The average molecular weight is 565 g/mol. The Bertz CT molecular complexity index is 1720. The molecule has 212 valence electrons. The number of fused-ring (bicyclic) bond motifs is 1. The van der Waals surface area contributed by atoms with Crippen molar-refractivity contribution in [3.8, 4) is 28.5 Å². The average Bonchev–Trinajstić information content (AvgIpc) is 3.19.